The summed E-state index contributed by atoms with van der Waals surface area (Å²) in [6, 6.07) is 8.43. The summed E-state index contributed by atoms with van der Waals surface area (Å²) in [6.07, 6.45) is 7.51. The van der Waals surface area contributed by atoms with Crippen LogP contribution in [0.25, 0.3) is 0 Å². The van der Waals surface area contributed by atoms with Gasteiger partial charge in [-0.05, 0) is 24.3 Å². The van der Waals surface area contributed by atoms with Crippen molar-refractivity contribution in [3.05, 3.63) is 49.1 Å². The minimum absolute atomic E-state index is 0.745. The molecule has 3 heterocycles. The van der Waals surface area contributed by atoms with E-state index in [1.165, 1.54) is 11.4 Å². The van der Waals surface area contributed by atoms with Crippen LogP contribution in [-0.4, -0.2) is 113 Å². The molecule has 0 amide bonds. The van der Waals surface area contributed by atoms with Crippen LogP contribution >= 0.6 is 0 Å². The summed E-state index contributed by atoms with van der Waals surface area (Å²) in [4.78, 5) is 18.4. The molecule has 0 aromatic carbocycles. The summed E-state index contributed by atoms with van der Waals surface area (Å²) < 4.78 is 10.8. The Balaban J connectivity index is 1.76. The van der Waals surface area contributed by atoms with E-state index < -0.39 is 0 Å². The van der Waals surface area contributed by atoms with Crippen LogP contribution in [0.3, 0.4) is 0 Å². The third kappa shape index (κ3) is 8.02. The smallest absolute Gasteiger partial charge is 0.0589 e. The first-order valence-corrected chi connectivity index (χ1v) is 11.5. The van der Waals surface area contributed by atoms with E-state index in [-0.39, 0.29) is 0 Å². The largest absolute Gasteiger partial charge is 0.383 e. The standard InChI is InChI=1S/C24H38N6O2/c1-31-21-19-27-11-15-29(23-3-7-25-8-4-23)17-13-28(20-22-32-2)14-18-30(16-12-27)24-5-9-26-10-6-24/h3-10H,11-22H2,1-2H3. The predicted molar refractivity (Wildman–Crippen MR) is 130 cm³/mol. The fraction of sp³-hybridized carbons (Fsp3) is 0.583. The Bertz CT molecular complexity index is 656. The van der Waals surface area contributed by atoms with Crippen molar-refractivity contribution in [1.82, 2.24) is 19.8 Å². The Labute approximate surface area is 192 Å². The molecule has 1 aliphatic heterocycles. The van der Waals surface area contributed by atoms with Crippen LogP contribution in [0.5, 0.6) is 0 Å². The maximum Gasteiger partial charge on any atom is 0.0589 e. The van der Waals surface area contributed by atoms with E-state index in [4.69, 9.17) is 9.47 Å². The quantitative estimate of drug-likeness (QED) is 0.612. The van der Waals surface area contributed by atoms with E-state index in [2.05, 4.69) is 53.8 Å². The van der Waals surface area contributed by atoms with Crippen molar-refractivity contribution in [2.45, 2.75) is 0 Å². The monoisotopic (exact) mass is 442 g/mol. The number of hydrogen-bond acceptors (Lipinski definition) is 8. The zero-order chi connectivity index (χ0) is 22.4. The molecule has 2 aromatic rings. The van der Waals surface area contributed by atoms with Gasteiger partial charge in [-0.1, -0.05) is 0 Å². The van der Waals surface area contributed by atoms with Crippen molar-refractivity contribution < 1.29 is 9.47 Å². The van der Waals surface area contributed by atoms with Gasteiger partial charge in [0.1, 0.15) is 0 Å². The highest BCUT2D eigenvalue weighted by Gasteiger charge is 2.17. The molecule has 0 N–H and O–H groups in total. The third-order valence-corrected chi connectivity index (χ3v) is 6.02. The van der Waals surface area contributed by atoms with Crippen molar-refractivity contribution in [3.8, 4) is 0 Å². The number of nitrogens with zero attached hydrogens (tertiary/aromatic N) is 6. The second kappa shape index (κ2) is 14.0. The molecule has 32 heavy (non-hydrogen) atoms. The molecule has 1 saturated heterocycles. The van der Waals surface area contributed by atoms with Gasteiger partial charge in [-0.15, -0.1) is 0 Å². The average molecular weight is 443 g/mol. The Morgan fingerprint density at radius 3 is 1.25 bits per heavy atom. The van der Waals surface area contributed by atoms with Gasteiger partial charge in [0.05, 0.1) is 13.2 Å². The summed E-state index contributed by atoms with van der Waals surface area (Å²) in [7, 11) is 3.55. The first-order valence-electron chi connectivity index (χ1n) is 11.5. The Morgan fingerprint density at radius 1 is 0.594 bits per heavy atom. The Kier molecular flexibility index (Phi) is 10.7. The van der Waals surface area contributed by atoms with E-state index in [9.17, 15) is 0 Å². The molecule has 8 heteroatoms. The van der Waals surface area contributed by atoms with E-state index >= 15 is 0 Å². The third-order valence-electron chi connectivity index (χ3n) is 6.02. The number of anilines is 2. The lowest BCUT2D eigenvalue weighted by Gasteiger charge is -2.35. The number of pyridine rings is 2. The number of rotatable bonds is 8. The minimum Gasteiger partial charge on any atom is -0.383 e. The molecule has 3 rings (SSSR count). The van der Waals surface area contributed by atoms with Gasteiger partial charge < -0.3 is 19.3 Å². The van der Waals surface area contributed by atoms with Crippen LogP contribution in [0.15, 0.2) is 49.1 Å². The predicted octanol–water partition coefficient (Wildman–Crippen LogP) is 1.70. The molecule has 0 radical (unpaired) electrons. The van der Waals surface area contributed by atoms with Crippen molar-refractivity contribution in [2.75, 3.05) is 103 Å². The zero-order valence-corrected chi connectivity index (χ0v) is 19.6. The summed E-state index contributed by atoms with van der Waals surface area (Å²) >= 11 is 0. The van der Waals surface area contributed by atoms with Crippen molar-refractivity contribution in [3.63, 3.8) is 0 Å². The molecule has 2 aromatic heterocycles. The lowest BCUT2D eigenvalue weighted by Crippen LogP contribution is -2.47. The van der Waals surface area contributed by atoms with E-state index in [1.54, 1.807) is 14.2 Å². The van der Waals surface area contributed by atoms with Crippen LogP contribution in [0.1, 0.15) is 0 Å². The van der Waals surface area contributed by atoms with Crippen LogP contribution in [0, 0.1) is 0 Å². The lowest BCUT2D eigenvalue weighted by atomic mass is 10.2. The highest BCUT2D eigenvalue weighted by atomic mass is 16.5. The van der Waals surface area contributed by atoms with Crippen LogP contribution < -0.4 is 9.80 Å². The highest BCUT2D eigenvalue weighted by molar-refractivity contribution is 5.45. The molecular weight excluding hydrogens is 404 g/mol. The molecule has 0 saturated carbocycles. The molecule has 8 nitrogen and oxygen atoms in total. The fourth-order valence-electron chi connectivity index (χ4n) is 4.01. The molecule has 1 fully saturated rings. The topological polar surface area (TPSA) is 57.2 Å². The maximum absolute atomic E-state index is 5.39. The number of hydrogen-bond donors (Lipinski definition) is 0. The first-order chi connectivity index (χ1) is 15.8. The summed E-state index contributed by atoms with van der Waals surface area (Å²) in [5, 5.41) is 0. The summed E-state index contributed by atoms with van der Waals surface area (Å²) in [6.45, 7) is 11.2. The lowest BCUT2D eigenvalue weighted by molar-refractivity contribution is 0.144. The molecular formula is C24H38N6O2. The van der Waals surface area contributed by atoms with Crippen molar-refractivity contribution in [2.24, 2.45) is 0 Å². The summed E-state index contributed by atoms with van der Waals surface area (Å²) in [5.74, 6) is 0. The normalized spacial score (nSPS) is 17.7. The molecule has 0 spiro atoms. The van der Waals surface area contributed by atoms with Gasteiger partial charge in [-0.3, -0.25) is 19.8 Å². The summed E-state index contributed by atoms with van der Waals surface area (Å²) in [5.41, 5.74) is 2.46. The van der Waals surface area contributed by atoms with Gasteiger partial charge in [0.15, 0.2) is 0 Å². The molecule has 0 unspecified atom stereocenters. The molecule has 0 atom stereocenters. The molecule has 176 valence electrons. The number of methoxy groups -OCH3 is 2. The molecule has 0 bridgehead atoms. The van der Waals surface area contributed by atoms with Gasteiger partial charge >= 0.3 is 0 Å². The molecule has 0 aliphatic carbocycles. The van der Waals surface area contributed by atoms with E-state index in [1.807, 2.05) is 24.8 Å². The highest BCUT2D eigenvalue weighted by Crippen LogP contribution is 2.15. The van der Waals surface area contributed by atoms with Gasteiger partial charge in [-0.2, -0.15) is 0 Å². The van der Waals surface area contributed by atoms with Gasteiger partial charge in [0.2, 0.25) is 0 Å². The molecule has 1 aliphatic rings. The SMILES string of the molecule is COCCN1CCN(c2ccncc2)CCN(CCOC)CCN(c2ccncc2)CC1. The number of ether oxygens (including phenoxy) is 2. The van der Waals surface area contributed by atoms with Crippen LogP contribution in [-0.2, 0) is 9.47 Å². The average Bonchev–Trinajstić information content (AvgIpc) is 2.84. The van der Waals surface area contributed by atoms with E-state index in [0.29, 0.717) is 0 Å². The van der Waals surface area contributed by atoms with E-state index in [0.717, 1.165) is 78.7 Å². The Hall–Kier alpha value is -2.26. The Morgan fingerprint density at radius 2 is 0.938 bits per heavy atom. The fourth-order valence-corrected chi connectivity index (χ4v) is 4.01. The van der Waals surface area contributed by atoms with Gasteiger partial charge in [0, 0.05) is 116 Å². The van der Waals surface area contributed by atoms with Crippen molar-refractivity contribution >= 4 is 11.4 Å². The van der Waals surface area contributed by atoms with Gasteiger partial charge in [-0.25, -0.2) is 0 Å². The second-order valence-corrected chi connectivity index (χ2v) is 8.05. The first kappa shape index (κ1) is 24.4. The van der Waals surface area contributed by atoms with Crippen LogP contribution in [0.2, 0.25) is 0 Å². The zero-order valence-electron chi connectivity index (χ0n) is 19.6. The van der Waals surface area contributed by atoms with Crippen molar-refractivity contribution in [1.29, 1.82) is 0 Å². The second-order valence-electron chi connectivity index (χ2n) is 8.05. The minimum atomic E-state index is 0.745. The van der Waals surface area contributed by atoms with Gasteiger partial charge in [0.25, 0.3) is 0 Å². The van der Waals surface area contributed by atoms with Crippen LogP contribution in [0.4, 0.5) is 11.4 Å². The number of aromatic nitrogens is 2. The maximum atomic E-state index is 5.39.